The highest BCUT2D eigenvalue weighted by atomic mass is 16.6. The SMILES string of the molecule is C[C@@]1(c2c(O)ccc(C(=O)[C@H](O)Cc3ccc(O)cc3)c2O)O[C@H](CO)[C@@H](O)[C@H](O)[C@H]1O. The summed E-state index contributed by atoms with van der Waals surface area (Å²) >= 11 is 0. The van der Waals surface area contributed by atoms with Crippen LogP contribution >= 0.6 is 0 Å². The van der Waals surface area contributed by atoms with E-state index < -0.39 is 65.6 Å². The zero-order chi connectivity index (χ0) is 23.8. The molecule has 0 aliphatic carbocycles. The minimum Gasteiger partial charge on any atom is -0.508 e. The number of hydrogen-bond donors (Lipinski definition) is 8. The lowest BCUT2D eigenvalue weighted by molar-refractivity contribution is -0.274. The fourth-order valence-corrected chi connectivity index (χ4v) is 3.93. The van der Waals surface area contributed by atoms with E-state index in [1.54, 1.807) is 0 Å². The lowest BCUT2D eigenvalue weighted by Crippen LogP contribution is -2.62. The van der Waals surface area contributed by atoms with Crippen LogP contribution in [0.4, 0.5) is 0 Å². The Morgan fingerprint density at radius 1 is 1.03 bits per heavy atom. The van der Waals surface area contributed by atoms with Crippen molar-refractivity contribution in [3.63, 3.8) is 0 Å². The molecule has 3 rings (SSSR count). The van der Waals surface area contributed by atoms with E-state index in [9.17, 15) is 45.6 Å². The standard InChI is InChI=1S/C22H26O10/c1-22(21(31)20(30)19(29)15(9-23)32-22)16-13(25)7-6-12(18(16)28)17(27)14(26)8-10-2-4-11(24)5-3-10/h2-7,14-15,19-21,23-26,28-31H,8-9H2,1H3/t14-,15-,19-,20+,21-,22+/m1/s1. The Morgan fingerprint density at radius 3 is 2.25 bits per heavy atom. The number of phenolic OH excluding ortho intramolecular Hbond substituents is 3. The highest BCUT2D eigenvalue weighted by Crippen LogP contribution is 2.47. The van der Waals surface area contributed by atoms with E-state index in [0.29, 0.717) is 5.56 Å². The molecule has 1 aliphatic rings. The Hall–Kier alpha value is -2.73. The molecule has 0 saturated carbocycles. The molecule has 0 radical (unpaired) electrons. The Balaban J connectivity index is 1.97. The number of carbonyl (C=O) groups is 1. The smallest absolute Gasteiger partial charge is 0.195 e. The first-order valence-corrected chi connectivity index (χ1v) is 9.89. The van der Waals surface area contributed by atoms with Crippen molar-refractivity contribution in [2.75, 3.05) is 6.61 Å². The number of aromatic hydroxyl groups is 3. The summed E-state index contributed by atoms with van der Waals surface area (Å²) in [5.74, 6) is -2.23. The summed E-state index contributed by atoms with van der Waals surface area (Å²) < 4.78 is 5.54. The first-order valence-electron chi connectivity index (χ1n) is 9.89. The maximum absolute atomic E-state index is 12.8. The highest BCUT2D eigenvalue weighted by molar-refractivity contribution is 6.02. The van der Waals surface area contributed by atoms with E-state index in [0.717, 1.165) is 12.1 Å². The van der Waals surface area contributed by atoms with Crippen molar-refractivity contribution in [3.8, 4) is 17.2 Å². The summed E-state index contributed by atoms with van der Waals surface area (Å²) in [7, 11) is 0. The summed E-state index contributed by atoms with van der Waals surface area (Å²) in [6.07, 6.45) is -8.32. The molecule has 10 heteroatoms. The fourth-order valence-electron chi connectivity index (χ4n) is 3.93. The topological polar surface area (TPSA) is 188 Å². The maximum atomic E-state index is 12.8. The van der Waals surface area contributed by atoms with Crippen molar-refractivity contribution in [2.45, 2.75) is 49.5 Å². The number of aliphatic hydroxyl groups excluding tert-OH is 5. The third kappa shape index (κ3) is 4.16. The fraction of sp³-hybridized carbons (Fsp3) is 0.409. The molecule has 0 aromatic heterocycles. The third-order valence-corrected chi connectivity index (χ3v) is 5.78. The molecule has 8 N–H and O–H groups in total. The molecular formula is C22H26O10. The Morgan fingerprint density at radius 2 is 1.66 bits per heavy atom. The van der Waals surface area contributed by atoms with Crippen LogP contribution in [0.2, 0.25) is 0 Å². The zero-order valence-corrected chi connectivity index (χ0v) is 17.2. The van der Waals surface area contributed by atoms with E-state index >= 15 is 0 Å². The summed E-state index contributed by atoms with van der Waals surface area (Å²) in [5.41, 5.74) is -2.29. The number of ether oxygens (including phenoxy) is 1. The van der Waals surface area contributed by atoms with Gasteiger partial charge in [-0.3, -0.25) is 4.79 Å². The van der Waals surface area contributed by atoms with Crippen LogP contribution in [0.5, 0.6) is 17.2 Å². The first-order chi connectivity index (χ1) is 15.0. The van der Waals surface area contributed by atoms with Crippen molar-refractivity contribution >= 4 is 5.78 Å². The summed E-state index contributed by atoms with van der Waals surface area (Å²) in [4.78, 5) is 12.8. The average molecular weight is 450 g/mol. The van der Waals surface area contributed by atoms with E-state index in [2.05, 4.69) is 0 Å². The number of benzene rings is 2. The molecule has 2 aromatic rings. The second kappa shape index (κ2) is 9.02. The molecule has 2 aromatic carbocycles. The van der Waals surface area contributed by atoms with Crippen molar-refractivity contribution < 1.29 is 50.4 Å². The van der Waals surface area contributed by atoms with E-state index in [4.69, 9.17) is 4.74 Å². The third-order valence-electron chi connectivity index (χ3n) is 5.78. The van der Waals surface area contributed by atoms with Crippen molar-refractivity contribution in [2.24, 2.45) is 0 Å². The number of carbonyl (C=O) groups excluding carboxylic acids is 1. The molecule has 32 heavy (non-hydrogen) atoms. The van der Waals surface area contributed by atoms with Gasteiger partial charge in [0, 0.05) is 6.42 Å². The Labute approximate surface area is 183 Å². The van der Waals surface area contributed by atoms with Gasteiger partial charge in [0.25, 0.3) is 0 Å². The van der Waals surface area contributed by atoms with Gasteiger partial charge >= 0.3 is 0 Å². The largest absolute Gasteiger partial charge is 0.508 e. The molecule has 1 aliphatic heterocycles. The summed E-state index contributed by atoms with van der Waals surface area (Å²) in [5, 5.41) is 81.1. The van der Waals surface area contributed by atoms with Gasteiger partial charge in [0.05, 0.1) is 17.7 Å². The van der Waals surface area contributed by atoms with Gasteiger partial charge in [-0.25, -0.2) is 0 Å². The van der Waals surface area contributed by atoms with Crippen LogP contribution in [0.15, 0.2) is 36.4 Å². The van der Waals surface area contributed by atoms with Gasteiger partial charge in [-0.15, -0.1) is 0 Å². The summed E-state index contributed by atoms with van der Waals surface area (Å²) in [6.45, 7) is 0.483. The second-order valence-corrected chi connectivity index (χ2v) is 7.98. The van der Waals surface area contributed by atoms with E-state index in [-0.39, 0.29) is 17.7 Å². The predicted octanol–water partition coefficient (Wildman–Crippen LogP) is -0.721. The van der Waals surface area contributed by atoms with E-state index in [1.807, 2.05) is 0 Å². The van der Waals surface area contributed by atoms with Crippen molar-refractivity contribution in [1.29, 1.82) is 0 Å². The van der Waals surface area contributed by atoms with Gasteiger partial charge < -0.3 is 45.6 Å². The molecule has 0 amide bonds. The zero-order valence-electron chi connectivity index (χ0n) is 17.2. The second-order valence-electron chi connectivity index (χ2n) is 7.98. The van der Waals surface area contributed by atoms with Gasteiger partial charge in [-0.1, -0.05) is 12.1 Å². The van der Waals surface area contributed by atoms with Crippen LogP contribution in [0.1, 0.15) is 28.4 Å². The molecule has 1 heterocycles. The number of phenols is 3. The van der Waals surface area contributed by atoms with Crippen LogP contribution < -0.4 is 0 Å². The van der Waals surface area contributed by atoms with Gasteiger partial charge in [0.2, 0.25) is 0 Å². The minimum absolute atomic E-state index is 0.0168. The molecule has 0 bridgehead atoms. The predicted molar refractivity (Wildman–Crippen MR) is 109 cm³/mol. The van der Waals surface area contributed by atoms with Crippen LogP contribution in [-0.2, 0) is 16.8 Å². The van der Waals surface area contributed by atoms with Gasteiger partial charge in [0.1, 0.15) is 53.4 Å². The van der Waals surface area contributed by atoms with Crippen LogP contribution in [0.3, 0.4) is 0 Å². The molecule has 0 spiro atoms. The molecular weight excluding hydrogens is 424 g/mol. The first kappa shape index (κ1) is 23.9. The monoisotopic (exact) mass is 450 g/mol. The number of hydrogen-bond acceptors (Lipinski definition) is 10. The molecule has 1 fully saturated rings. The maximum Gasteiger partial charge on any atom is 0.195 e. The molecule has 174 valence electrons. The van der Waals surface area contributed by atoms with Crippen molar-refractivity contribution in [1.82, 2.24) is 0 Å². The molecule has 1 saturated heterocycles. The van der Waals surface area contributed by atoms with Gasteiger partial charge in [-0.2, -0.15) is 0 Å². The Bertz CT molecular complexity index is 973. The van der Waals surface area contributed by atoms with Crippen molar-refractivity contribution in [3.05, 3.63) is 53.1 Å². The molecule has 0 unspecified atom stereocenters. The molecule has 6 atom stereocenters. The molecule has 10 nitrogen and oxygen atoms in total. The normalized spacial score (nSPS) is 28.9. The highest BCUT2D eigenvalue weighted by Gasteiger charge is 2.53. The van der Waals surface area contributed by atoms with Crippen LogP contribution in [0, 0.1) is 0 Å². The summed E-state index contributed by atoms with van der Waals surface area (Å²) in [6, 6.07) is 7.96. The number of aliphatic hydroxyl groups is 5. The van der Waals surface area contributed by atoms with E-state index in [1.165, 1.54) is 31.2 Å². The Kier molecular flexibility index (Phi) is 6.75. The lowest BCUT2D eigenvalue weighted by atomic mass is 9.79. The number of Topliss-reactive ketones (excluding diaryl/α,β-unsaturated/α-hetero) is 1. The minimum atomic E-state index is -2.02. The average Bonchev–Trinajstić information content (AvgIpc) is 2.76. The lowest BCUT2D eigenvalue weighted by Gasteiger charge is -2.47. The number of ketones is 1. The van der Waals surface area contributed by atoms with Gasteiger partial charge in [0.15, 0.2) is 5.78 Å². The quantitative estimate of drug-likeness (QED) is 0.261. The van der Waals surface area contributed by atoms with Crippen LogP contribution in [0.25, 0.3) is 0 Å². The van der Waals surface area contributed by atoms with Gasteiger partial charge in [-0.05, 0) is 36.8 Å². The number of rotatable bonds is 6. The van der Waals surface area contributed by atoms with Crippen LogP contribution in [-0.4, -0.2) is 83.8 Å².